The third kappa shape index (κ3) is 3.99. The lowest BCUT2D eigenvalue weighted by atomic mass is 9.97. The molecular weight excluding hydrogens is 500 g/mol. The third-order valence-electron chi connectivity index (χ3n) is 6.95. The van der Waals surface area contributed by atoms with Gasteiger partial charge in [-0.05, 0) is 60.5 Å². The van der Waals surface area contributed by atoms with E-state index < -0.39 is 17.0 Å². The van der Waals surface area contributed by atoms with E-state index in [-0.39, 0.29) is 11.8 Å². The zero-order chi connectivity index (χ0) is 25.7. The molecule has 0 saturated heterocycles. The maximum Gasteiger partial charge on any atom is 0.307 e. The van der Waals surface area contributed by atoms with Gasteiger partial charge in [0.2, 0.25) is 0 Å². The van der Waals surface area contributed by atoms with E-state index in [4.69, 9.17) is 0 Å². The Balaban J connectivity index is 1.65. The van der Waals surface area contributed by atoms with E-state index in [0.29, 0.717) is 16.2 Å². The van der Waals surface area contributed by atoms with E-state index in [1.165, 1.54) is 11.3 Å². The van der Waals surface area contributed by atoms with E-state index in [0.717, 1.165) is 44.4 Å². The number of aliphatic carboxylic acids is 1. The second kappa shape index (κ2) is 9.15. The van der Waals surface area contributed by atoms with Gasteiger partial charge >= 0.3 is 5.97 Å². The highest BCUT2D eigenvalue weighted by molar-refractivity contribution is 7.83. The van der Waals surface area contributed by atoms with Crippen LogP contribution < -0.4 is 0 Å². The van der Waals surface area contributed by atoms with Gasteiger partial charge in [0.05, 0.1) is 22.0 Å². The van der Waals surface area contributed by atoms with Crippen LogP contribution in [0.2, 0.25) is 0 Å². The molecule has 2 aromatic heterocycles. The number of benzene rings is 3. The number of aromatic nitrogens is 1. The van der Waals surface area contributed by atoms with Crippen molar-refractivity contribution in [3.8, 4) is 28.5 Å². The lowest BCUT2D eigenvalue weighted by molar-refractivity contribution is -0.138. The molecule has 182 valence electrons. The summed E-state index contributed by atoms with van der Waals surface area (Å²) in [4.78, 5) is 12.8. The molecule has 0 aliphatic heterocycles. The predicted molar refractivity (Wildman–Crippen MR) is 147 cm³/mol. The molecule has 0 spiro atoms. The SMILES string of the molecule is Cc1ccc(S(=O)n2c(-c3cccc(C4CC4C(=O)O)c3)c(-c3ccsc3C#N)c3ccccc32)cc1. The lowest BCUT2D eigenvalue weighted by Gasteiger charge is -2.14. The third-order valence-corrected chi connectivity index (χ3v) is 9.16. The zero-order valence-electron chi connectivity index (χ0n) is 19.9. The Labute approximate surface area is 220 Å². The summed E-state index contributed by atoms with van der Waals surface area (Å²) in [5.74, 6) is -1.18. The molecule has 1 aliphatic rings. The summed E-state index contributed by atoms with van der Waals surface area (Å²) >= 11 is 1.38. The molecule has 1 saturated carbocycles. The molecule has 0 amide bonds. The number of carbonyl (C=O) groups is 1. The molecule has 1 N–H and O–H groups in total. The van der Waals surface area contributed by atoms with Crippen molar-refractivity contribution in [2.45, 2.75) is 24.2 Å². The minimum absolute atomic E-state index is 0.0304. The van der Waals surface area contributed by atoms with Gasteiger partial charge in [-0.25, -0.2) is 4.21 Å². The van der Waals surface area contributed by atoms with Crippen LogP contribution in [0.5, 0.6) is 0 Å². The van der Waals surface area contributed by atoms with Gasteiger partial charge in [0.15, 0.2) is 11.0 Å². The number of fused-ring (bicyclic) bond motifs is 1. The molecule has 2 heterocycles. The number of thiophene rings is 1. The van der Waals surface area contributed by atoms with Gasteiger partial charge in [0.1, 0.15) is 10.9 Å². The van der Waals surface area contributed by atoms with E-state index in [1.54, 1.807) is 0 Å². The van der Waals surface area contributed by atoms with Crippen LogP contribution in [0.3, 0.4) is 0 Å². The number of aryl methyl sites for hydroxylation is 1. The number of nitrogens with zero attached hydrogens (tertiary/aromatic N) is 2. The highest BCUT2D eigenvalue weighted by Crippen LogP contribution is 2.49. The first-order chi connectivity index (χ1) is 18.0. The highest BCUT2D eigenvalue weighted by atomic mass is 32.2. The molecule has 3 unspecified atom stereocenters. The van der Waals surface area contributed by atoms with Crippen LogP contribution >= 0.6 is 11.3 Å². The standard InChI is InChI=1S/C30H22N2O3S2/c1-18-9-11-21(12-10-18)37(35)32-26-8-3-2-7-22(26)28(23-13-14-36-27(23)17-31)29(32)20-6-4-5-19(15-20)24-16-25(24)30(33)34/h2-15,24-25H,16H2,1H3,(H,33,34). The number of nitriles is 1. The topological polar surface area (TPSA) is 83.1 Å². The number of para-hydroxylation sites is 1. The van der Waals surface area contributed by atoms with Crippen LogP contribution in [0, 0.1) is 24.2 Å². The van der Waals surface area contributed by atoms with E-state index in [2.05, 4.69) is 6.07 Å². The van der Waals surface area contributed by atoms with Crippen molar-refractivity contribution in [1.82, 2.24) is 3.97 Å². The first-order valence-electron chi connectivity index (χ1n) is 11.9. The van der Waals surface area contributed by atoms with Crippen molar-refractivity contribution < 1.29 is 14.1 Å². The Kier molecular flexibility index (Phi) is 5.79. The summed E-state index contributed by atoms with van der Waals surface area (Å²) in [7, 11) is -1.56. The number of hydrogen-bond donors (Lipinski definition) is 1. The Morgan fingerprint density at radius 3 is 2.59 bits per heavy atom. The Morgan fingerprint density at radius 2 is 1.86 bits per heavy atom. The minimum Gasteiger partial charge on any atom is -0.481 e. The first-order valence-corrected chi connectivity index (χ1v) is 13.9. The van der Waals surface area contributed by atoms with Gasteiger partial charge in [-0.2, -0.15) is 5.26 Å². The van der Waals surface area contributed by atoms with Crippen LogP contribution in [-0.4, -0.2) is 19.3 Å². The molecule has 1 aliphatic carbocycles. The molecular formula is C30H22N2O3S2. The van der Waals surface area contributed by atoms with Crippen LogP contribution in [0.1, 0.15) is 28.3 Å². The van der Waals surface area contributed by atoms with Crippen LogP contribution in [0.4, 0.5) is 0 Å². The fourth-order valence-corrected chi connectivity index (χ4v) is 6.99. The van der Waals surface area contributed by atoms with E-state index in [1.807, 2.05) is 95.1 Å². The molecule has 1 fully saturated rings. The number of rotatable bonds is 6. The molecule has 5 nitrogen and oxygen atoms in total. The van der Waals surface area contributed by atoms with Crippen molar-refractivity contribution in [1.29, 1.82) is 5.26 Å². The maximum atomic E-state index is 14.2. The molecule has 5 aromatic rings. The number of carboxylic acid groups (broad SMARTS) is 1. The molecule has 3 atom stereocenters. The summed E-state index contributed by atoms with van der Waals surface area (Å²) in [6.07, 6.45) is 0.618. The van der Waals surface area contributed by atoms with Gasteiger partial charge in [0.25, 0.3) is 0 Å². The fourth-order valence-electron chi connectivity index (χ4n) is 5.02. The molecule has 37 heavy (non-hydrogen) atoms. The molecule has 0 bridgehead atoms. The zero-order valence-corrected chi connectivity index (χ0v) is 21.6. The van der Waals surface area contributed by atoms with Crippen molar-refractivity contribution in [3.05, 3.63) is 100 Å². The van der Waals surface area contributed by atoms with Gasteiger partial charge in [-0.1, -0.05) is 54.1 Å². The monoisotopic (exact) mass is 522 g/mol. The van der Waals surface area contributed by atoms with Crippen molar-refractivity contribution in [2.24, 2.45) is 5.92 Å². The predicted octanol–water partition coefficient (Wildman–Crippen LogP) is 6.98. The maximum absolute atomic E-state index is 14.2. The molecule has 6 rings (SSSR count). The van der Waals surface area contributed by atoms with Crippen LogP contribution in [-0.2, 0) is 15.8 Å². The summed E-state index contributed by atoms with van der Waals surface area (Å²) in [6, 6.07) is 27.7. The van der Waals surface area contributed by atoms with Crippen LogP contribution in [0.15, 0.2) is 89.1 Å². The smallest absolute Gasteiger partial charge is 0.307 e. The van der Waals surface area contributed by atoms with Crippen LogP contribution in [0.25, 0.3) is 33.3 Å². The van der Waals surface area contributed by atoms with Gasteiger partial charge in [0, 0.05) is 22.1 Å². The second-order valence-electron chi connectivity index (χ2n) is 9.28. The number of carboxylic acids is 1. The second-order valence-corrected chi connectivity index (χ2v) is 11.5. The van der Waals surface area contributed by atoms with Crippen molar-refractivity contribution in [2.75, 3.05) is 0 Å². The average molecular weight is 523 g/mol. The Morgan fingerprint density at radius 1 is 1.08 bits per heavy atom. The normalized spacial score (nSPS) is 17.4. The van der Waals surface area contributed by atoms with Crippen molar-refractivity contribution >= 4 is 39.2 Å². The number of hydrogen-bond acceptors (Lipinski definition) is 4. The quantitative estimate of drug-likeness (QED) is 0.261. The van der Waals surface area contributed by atoms with E-state index in [9.17, 15) is 19.4 Å². The summed E-state index contributed by atoms with van der Waals surface area (Å²) < 4.78 is 16.1. The molecule has 0 radical (unpaired) electrons. The molecule has 7 heteroatoms. The average Bonchev–Trinajstić information content (AvgIpc) is 3.47. The molecule has 3 aromatic carbocycles. The summed E-state index contributed by atoms with van der Waals surface area (Å²) in [5, 5.41) is 22.2. The lowest BCUT2D eigenvalue weighted by Crippen LogP contribution is -2.07. The first kappa shape index (κ1) is 23.4. The van der Waals surface area contributed by atoms with Gasteiger partial charge in [-0.3, -0.25) is 8.77 Å². The van der Waals surface area contributed by atoms with Gasteiger partial charge < -0.3 is 5.11 Å². The fraction of sp³-hybridized carbons (Fsp3) is 0.133. The van der Waals surface area contributed by atoms with Gasteiger partial charge in [-0.15, -0.1) is 11.3 Å². The Bertz CT molecular complexity index is 1740. The largest absolute Gasteiger partial charge is 0.481 e. The summed E-state index contributed by atoms with van der Waals surface area (Å²) in [5.41, 5.74) is 6.11. The van der Waals surface area contributed by atoms with Crippen molar-refractivity contribution in [3.63, 3.8) is 0 Å². The highest BCUT2D eigenvalue weighted by Gasteiger charge is 2.44. The van der Waals surface area contributed by atoms with E-state index >= 15 is 0 Å². The summed E-state index contributed by atoms with van der Waals surface area (Å²) in [6.45, 7) is 2.00. The minimum atomic E-state index is -1.56. The Hall–Kier alpha value is -3.99.